The van der Waals surface area contributed by atoms with Crippen LogP contribution in [0.3, 0.4) is 0 Å². The summed E-state index contributed by atoms with van der Waals surface area (Å²) in [5, 5.41) is 21.5. The molecular formula is C17H16BrNO4. The minimum atomic E-state index is -1.11. The molecule has 3 N–H and O–H groups in total. The molecule has 0 saturated carbocycles. The number of phenols is 1. The van der Waals surface area contributed by atoms with E-state index in [9.17, 15) is 19.8 Å². The second-order valence-corrected chi connectivity index (χ2v) is 5.97. The zero-order valence-electron chi connectivity index (χ0n) is 12.2. The third-order valence-electron chi connectivity index (χ3n) is 3.37. The number of hydrogen-bond acceptors (Lipinski definition) is 3. The van der Waals surface area contributed by atoms with E-state index in [0.29, 0.717) is 10.9 Å². The summed E-state index contributed by atoms with van der Waals surface area (Å²) in [7, 11) is 0. The molecule has 23 heavy (non-hydrogen) atoms. The maximum atomic E-state index is 12.2. The topological polar surface area (TPSA) is 86.6 Å². The van der Waals surface area contributed by atoms with Crippen molar-refractivity contribution in [1.82, 2.24) is 5.32 Å². The van der Waals surface area contributed by atoms with E-state index < -0.39 is 17.9 Å². The molecule has 0 unspecified atom stereocenters. The van der Waals surface area contributed by atoms with Gasteiger partial charge in [-0.3, -0.25) is 4.79 Å². The zero-order chi connectivity index (χ0) is 16.8. The van der Waals surface area contributed by atoms with Gasteiger partial charge in [-0.1, -0.05) is 46.3 Å². The monoisotopic (exact) mass is 377 g/mol. The van der Waals surface area contributed by atoms with Gasteiger partial charge in [-0.2, -0.15) is 0 Å². The molecule has 1 amide bonds. The summed E-state index contributed by atoms with van der Waals surface area (Å²) < 4.78 is 0.622. The predicted molar refractivity (Wildman–Crippen MR) is 89.5 cm³/mol. The van der Waals surface area contributed by atoms with Crippen LogP contribution in [0.2, 0.25) is 0 Å². The average Bonchev–Trinajstić information content (AvgIpc) is 2.54. The van der Waals surface area contributed by atoms with E-state index in [1.165, 1.54) is 12.1 Å². The lowest BCUT2D eigenvalue weighted by molar-refractivity contribution is -0.139. The molecule has 1 atom stereocenters. The highest BCUT2D eigenvalue weighted by molar-refractivity contribution is 9.10. The quantitative estimate of drug-likeness (QED) is 0.722. The van der Waals surface area contributed by atoms with Gasteiger partial charge in [0.1, 0.15) is 11.8 Å². The van der Waals surface area contributed by atoms with Crippen LogP contribution >= 0.6 is 15.9 Å². The number of carboxylic acids is 1. The second-order valence-electron chi connectivity index (χ2n) is 5.05. The first-order valence-electron chi connectivity index (χ1n) is 7.03. The van der Waals surface area contributed by atoms with Crippen molar-refractivity contribution in [3.05, 3.63) is 64.1 Å². The smallest absolute Gasteiger partial charge is 0.326 e. The molecular weight excluding hydrogens is 362 g/mol. The normalized spacial score (nSPS) is 11.7. The first kappa shape index (κ1) is 17.0. The number of aliphatic carboxylic acids is 1. The van der Waals surface area contributed by atoms with Crippen molar-refractivity contribution < 1.29 is 19.8 Å². The molecule has 0 aliphatic heterocycles. The van der Waals surface area contributed by atoms with E-state index in [1.807, 2.05) is 30.3 Å². The first-order chi connectivity index (χ1) is 11.0. The maximum Gasteiger partial charge on any atom is 0.326 e. The maximum absolute atomic E-state index is 12.2. The Balaban J connectivity index is 2.05. The molecule has 0 bridgehead atoms. The molecule has 2 aromatic carbocycles. The van der Waals surface area contributed by atoms with E-state index >= 15 is 0 Å². The fraction of sp³-hybridized carbons (Fsp3) is 0.176. The molecule has 0 heterocycles. The molecule has 0 aliphatic rings. The van der Waals surface area contributed by atoms with Gasteiger partial charge in [0.2, 0.25) is 0 Å². The van der Waals surface area contributed by atoms with Crippen molar-refractivity contribution >= 4 is 27.8 Å². The average molecular weight is 378 g/mol. The molecule has 5 nitrogen and oxygen atoms in total. The summed E-state index contributed by atoms with van der Waals surface area (Å²) in [6.45, 7) is 0. The summed E-state index contributed by atoms with van der Waals surface area (Å²) in [6, 6.07) is 12.8. The Morgan fingerprint density at radius 3 is 2.48 bits per heavy atom. The SMILES string of the molecule is O=C(N[C@@H](CCc1ccccc1)C(=O)O)c1cc(Br)ccc1O. The van der Waals surface area contributed by atoms with Crippen LogP contribution in [0.15, 0.2) is 53.0 Å². The van der Waals surface area contributed by atoms with Gasteiger partial charge in [0.05, 0.1) is 5.56 Å². The first-order valence-corrected chi connectivity index (χ1v) is 7.83. The van der Waals surface area contributed by atoms with Gasteiger partial charge in [-0.15, -0.1) is 0 Å². The number of carboxylic acid groups (broad SMARTS) is 1. The molecule has 0 aliphatic carbocycles. The van der Waals surface area contributed by atoms with Crippen LogP contribution in [-0.2, 0) is 11.2 Å². The number of hydrogen-bond donors (Lipinski definition) is 3. The fourth-order valence-corrected chi connectivity index (χ4v) is 2.50. The highest BCUT2D eigenvalue weighted by atomic mass is 79.9. The minimum absolute atomic E-state index is 0.0327. The zero-order valence-corrected chi connectivity index (χ0v) is 13.8. The largest absolute Gasteiger partial charge is 0.507 e. The van der Waals surface area contributed by atoms with E-state index in [2.05, 4.69) is 21.2 Å². The molecule has 0 aromatic heterocycles. The van der Waals surface area contributed by atoms with Crippen LogP contribution in [0.4, 0.5) is 0 Å². The molecule has 0 fully saturated rings. The van der Waals surface area contributed by atoms with Gasteiger partial charge in [-0.05, 0) is 36.6 Å². The van der Waals surface area contributed by atoms with Crippen molar-refractivity contribution in [2.24, 2.45) is 0 Å². The van der Waals surface area contributed by atoms with Crippen LogP contribution in [-0.4, -0.2) is 28.1 Å². The lowest BCUT2D eigenvalue weighted by Crippen LogP contribution is -2.41. The van der Waals surface area contributed by atoms with Crippen molar-refractivity contribution in [3.8, 4) is 5.75 Å². The van der Waals surface area contributed by atoms with E-state index in [1.54, 1.807) is 6.07 Å². The second kappa shape index (κ2) is 7.78. The number of aryl methyl sites for hydroxylation is 1. The van der Waals surface area contributed by atoms with Gasteiger partial charge in [-0.25, -0.2) is 4.79 Å². The van der Waals surface area contributed by atoms with Gasteiger partial charge < -0.3 is 15.5 Å². The van der Waals surface area contributed by atoms with E-state index in [-0.39, 0.29) is 17.7 Å². The Bertz CT molecular complexity index is 703. The standard InChI is InChI=1S/C17H16BrNO4/c18-12-7-9-15(20)13(10-12)16(21)19-14(17(22)23)8-6-11-4-2-1-3-5-11/h1-5,7,9-10,14,20H,6,8H2,(H,19,21)(H,22,23)/t14-/m0/s1. The van der Waals surface area contributed by atoms with Crippen LogP contribution in [0, 0.1) is 0 Å². The van der Waals surface area contributed by atoms with Gasteiger partial charge in [0.25, 0.3) is 5.91 Å². The van der Waals surface area contributed by atoms with Crippen LogP contribution in [0.1, 0.15) is 22.3 Å². The van der Waals surface area contributed by atoms with E-state index in [4.69, 9.17) is 0 Å². The molecule has 2 rings (SSSR count). The highest BCUT2D eigenvalue weighted by Gasteiger charge is 2.22. The van der Waals surface area contributed by atoms with Gasteiger partial charge in [0, 0.05) is 4.47 Å². The number of amides is 1. The number of carbonyl (C=O) groups excluding carboxylic acids is 1. The Labute approximate surface area is 142 Å². The summed E-state index contributed by atoms with van der Waals surface area (Å²) >= 11 is 3.21. The van der Waals surface area contributed by atoms with Gasteiger partial charge >= 0.3 is 5.97 Å². The van der Waals surface area contributed by atoms with Crippen molar-refractivity contribution in [1.29, 1.82) is 0 Å². The Kier molecular flexibility index (Phi) is 5.76. The number of nitrogens with one attached hydrogen (secondary N) is 1. The summed E-state index contributed by atoms with van der Waals surface area (Å²) in [5.41, 5.74) is 1.03. The summed E-state index contributed by atoms with van der Waals surface area (Å²) in [5.74, 6) is -1.93. The lowest BCUT2D eigenvalue weighted by Gasteiger charge is -2.15. The minimum Gasteiger partial charge on any atom is -0.507 e. The van der Waals surface area contributed by atoms with Crippen LogP contribution in [0.25, 0.3) is 0 Å². The van der Waals surface area contributed by atoms with Gasteiger partial charge in [0.15, 0.2) is 0 Å². The third-order valence-corrected chi connectivity index (χ3v) is 3.86. The van der Waals surface area contributed by atoms with Crippen LogP contribution in [0.5, 0.6) is 5.75 Å². The van der Waals surface area contributed by atoms with Crippen molar-refractivity contribution in [2.75, 3.05) is 0 Å². The van der Waals surface area contributed by atoms with Crippen molar-refractivity contribution in [3.63, 3.8) is 0 Å². The number of carbonyl (C=O) groups is 2. The molecule has 120 valence electrons. The molecule has 0 spiro atoms. The van der Waals surface area contributed by atoms with E-state index in [0.717, 1.165) is 5.56 Å². The Morgan fingerprint density at radius 2 is 1.83 bits per heavy atom. The molecule has 6 heteroatoms. The summed E-state index contributed by atoms with van der Waals surface area (Å²) in [4.78, 5) is 23.5. The number of rotatable bonds is 6. The molecule has 2 aromatic rings. The lowest BCUT2D eigenvalue weighted by atomic mass is 10.0. The number of phenolic OH excluding ortho intramolecular Hbond substituents is 1. The number of benzene rings is 2. The van der Waals surface area contributed by atoms with Crippen LogP contribution < -0.4 is 5.32 Å². The molecule has 0 saturated heterocycles. The number of halogens is 1. The highest BCUT2D eigenvalue weighted by Crippen LogP contribution is 2.22. The molecule has 0 radical (unpaired) electrons. The van der Waals surface area contributed by atoms with Crippen molar-refractivity contribution in [2.45, 2.75) is 18.9 Å². The Morgan fingerprint density at radius 1 is 1.13 bits per heavy atom. The predicted octanol–water partition coefficient (Wildman–Crippen LogP) is 2.97. The summed E-state index contributed by atoms with van der Waals surface area (Å²) in [6.07, 6.45) is 0.794. The Hall–Kier alpha value is -2.34. The third kappa shape index (κ3) is 4.82. The number of aromatic hydroxyl groups is 1. The fourth-order valence-electron chi connectivity index (χ4n) is 2.14.